The molecule has 0 aromatic heterocycles. The summed E-state index contributed by atoms with van der Waals surface area (Å²) in [6.07, 6.45) is 0. The zero-order valence-electron chi connectivity index (χ0n) is 20.5. The first-order valence-corrected chi connectivity index (χ1v) is 11.4. The van der Waals surface area contributed by atoms with Crippen molar-refractivity contribution in [3.8, 4) is 0 Å². The Labute approximate surface area is 208 Å². The van der Waals surface area contributed by atoms with Crippen LogP contribution in [0.3, 0.4) is 0 Å². The molecule has 0 aliphatic rings. The maximum Gasteiger partial charge on any atom is 0.328 e. The van der Waals surface area contributed by atoms with Gasteiger partial charge in [0.2, 0.25) is 0 Å². The van der Waals surface area contributed by atoms with Crippen molar-refractivity contribution in [2.75, 3.05) is 26.4 Å². The lowest BCUT2D eigenvalue weighted by atomic mass is 9.78. The molecule has 0 spiro atoms. The molecule has 1 unspecified atom stereocenters. The number of hydrogen-bond donors (Lipinski definition) is 0. The highest BCUT2D eigenvalue weighted by molar-refractivity contribution is 6.25. The summed E-state index contributed by atoms with van der Waals surface area (Å²) < 4.78 is 20.0. The quantitative estimate of drug-likeness (QED) is 0.101. The number of rotatable bonds is 12. The molecule has 1 aromatic carbocycles. The highest BCUT2D eigenvalue weighted by Gasteiger charge is 2.53. The number of nitrogens with zero attached hydrogens (tertiary/aromatic N) is 1. The molecule has 0 saturated carbocycles. The van der Waals surface area contributed by atoms with Gasteiger partial charge in [-0.3, -0.25) is 29.3 Å². The molecule has 12 heteroatoms. The van der Waals surface area contributed by atoms with Crippen LogP contribution in [0.2, 0.25) is 0 Å². The predicted octanol–water partition coefficient (Wildman–Crippen LogP) is 3.39. The zero-order valence-corrected chi connectivity index (χ0v) is 21.3. The Bertz CT molecular complexity index is 941. The van der Waals surface area contributed by atoms with Crippen molar-refractivity contribution < 1.29 is 43.0 Å². The number of nitro benzene ring substituents is 1. The molecule has 194 valence electrons. The van der Waals surface area contributed by atoms with Gasteiger partial charge in [0.1, 0.15) is 0 Å². The number of benzene rings is 1. The average molecular weight is 516 g/mol. The number of carbonyl (C=O) groups is 4. The molecule has 35 heavy (non-hydrogen) atoms. The Kier molecular flexibility index (Phi) is 10.6. The van der Waals surface area contributed by atoms with Crippen LogP contribution in [0.1, 0.15) is 58.0 Å². The lowest BCUT2D eigenvalue weighted by Crippen LogP contribution is -2.44. The van der Waals surface area contributed by atoms with E-state index in [1.807, 2.05) is 0 Å². The number of hydrogen-bond acceptors (Lipinski definition) is 10. The fourth-order valence-corrected chi connectivity index (χ4v) is 3.63. The summed E-state index contributed by atoms with van der Waals surface area (Å²) in [7, 11) is 0. The fraction of sp³-hybridized carbons (Fsp3) is 0.565. The first kappa shape index (κ1) is 29.8. The monoisotopic (exact) mass is 515 g/mol. The van der Waals surface area contributed by atoms with Gasteiger partial charge in [-0.15, -0.1) is 11.6 Å². The number of halogens is 1. The van der Waals surface area contributed by atoms with Crippen LogP contribution in [-0.2, 0) is 43.5 Å². The number of ether oxygens (including phenoxy) is 4. The molecule has 0 heterocycles. The van der Waals surface area contributed by atoms with E-state index in [-0.39, 0.29) is 37.6 Å². The molecule has 0 saturated heterocycles. The molecule has 1 atom stereocenters. The molecule has 11 nitrogen and oxygen atoms in total. The van der Waals surface area contributed by atoms with Crippen LogP contribution in [-0.4, -0.2) is 55.2 Å². The summed E-state index contributed by atoms with van der Waals surface area (Å²) in [5, 5.41) is 10.5. The summed E-state index contributed by atoms with van der Waals surface area (Å²) in [5.74, 6) is -4.04. The van der Waals surface area contributed by atoms with Gasteiger partial charge in [-0.25, -0.2) is 0 Å². The maximum atomic E-state index is 12.8. The summed E-state index contributed by atoms with van der Waals surface area (Å²) in [6, 6.07) is 3.40. The van der Waals surface area contributed by atoms with Gasteiger partial charge in [-0.05, 0) is 47.1 Å². The van der Waals surface area contributed by atoms with Crippen LogP contribution in [0.15, 0.2) is 18.2 Å². The highest BCUT2D eigenvalue weighted by Crippen LogP contribution is 2.44. The summed E-state index contributed by atoms with van der Waals surface area (Å²) in [4.78, 5) is 62.1. The van der Waals surface area contributed by atoms with Gasteiger partial charge in [0.05, 0.1) is 42.3 Å². The lowest BCUT2D eigenvalue weighted by molar-refractivity contribution is -0.386. The molecular weight excluding hydrogens is 486 g/mol. The number of alkyl halides is 1. The Hall–Kier alpha value is -3.21. The first-order valence-electron chi connectivity index (χ1n) is 11.0. The van der Waals surface area contributed by atoms with E-state index in [0.29, 0.717) is 0 Å². The zero-order chi connectivity index (χ0) is 27.0. The highest BCUT2D eigenvalue weighted by atomic mass is 35.5. The van der Waals surface area contributed by atoms with E-state index in [4.69, 9.17) is 30.5 Å². The van der Waals surface area contributed by atoms with E-state index in [2.05, 4.69) is 0 Å². The maximum absolute atomic E-state index is 12.8. The molecule has 1 aromatic rings. The second-order valence-electron chi connectivity index (χ2n) is 7.61. The molecule has 0 fully saturated rings. The van der Waals surface area contributed by atoms with Crippen molar-refractivity contribution in [3.05, 3.63) is 39.4 Å². The first-order chi connectivity index (χ1) is 16.4. The van der Waals surface area contributed by atoms with Crippen molar-refractivity contribution in [3.63, 3.8) is 0 Å². The van der Waals surface area contributed by atoms with E-state index in [9.17, 15) is 29.3 Å². The predicted molar refractivity (Wildman–Crippen MR) is 124 cm³/mol. The molecule has 0 amide bonds. The van der Waals surface area contributed by atoms with Gasteiger partial charge < -0.3 is 18.9 Å². The normalized spacial score (nSPS) is 12.3. The summed E-state index contributed by atoms with van der Waals surface area (Å²) >= 11 is 6.53. The van der Waals surface area contributed by atoms with Gasteiger partial charge in [0.25, 0.3) is 5.69 Å². The second kappa shape index (κ2) is 12.5. The van der Waals surface area contributed by atoms with Gasteiger partial charge in [0.15, 0.2) is 10.8 Å². The average Bonchev–Trinajstić information content (AvgIpc) is 2.82. The molecule has 0 radical (unpaired) electrons. The van der Waals surface area contributed by atoms with Crippen molar-refractivity contribution in [2.45, 2.75) is 52.3 Å². The van der Waals surface area contributed by atoms with Crippen LogP contribution in [0.5, 0.6) is 0 Å². The molecule has 0 N–H and O–H groups in total. The van der Waals surface area contributed by atoms with Crippen LogP contribution in [0.25, 0.3) is 0 Å². The lowest BCUT2D eigenvalue weighted by Gasteiger charge is -2.30. The number of esters is 4. The van der Waals surface area contributed by atoms with Crippen molar-refractivity contribution in [2.24, 2.45) is 5.41 Å². The SMILES string of the molecule is CCOC(=O)C(C)(C(=O)OCC)c1ccc(C(Cl)C(C)(C(=O)OCC)C(=O)OCC)cc1[N+](=O)[O-]. The van der Waals surface area contributed by atoms with Gasteiger partial charge in [-0.2, -0.15) is 0 Å². The van der Waals surface area contributed by atoms with Gasteiger partial charge in [-0.1, -0.05) is 12.1 Å². The third-order valence-electron chi connectivity index (χ3n) is 5.32. The number of nitro groups is 1. The standard InChI is InChI=1S/C23H30ClNO10/c1-7-32-18(26)22(5,19(27)33-8-2)15-12-11-14(13-16(15)25(30)31)17(24)23(6,20(28)34-9-3)21(29)35-10-4/h11-13,17H,7-10H2,1-6H3. The topological polar surface area (TPSA) is 148 Å². The third kappa shape index (κ3) is 5.90. The van der Waals surface area contributed by atoms with Crippen LogP contribution < -0.4 is 0 Å². The Morgan fingerprint density at radius 2 is 1.26 bits per heavy atom. The molecule has 0 aliphatic heterocycles. The van der Waals surface area contributed by atoms with Gasteiger partial charge >= 0.3 is 23.9 Å². The second-order valence-corrected chi connectivity index (χ2v) is 8.04. The summed E-state index contributed by atoms with van der Waals surface area (Å²) in [5.41, 5.74) is -5.19. The summed E-state index contributed by atoms with van der Waals surface area (Å²) in [6.45, 7) is 8.22. The molecular formula is C23H30ClNO10. The van der Waals surface area contributed by atoms with E-state index >= 15 is 0 Å². The van der Waals surface area contributed by atoms with E-state index in [0.717, 1.165) is 19.1 Å². The Morgan fingerprint density at radius 3 is 1.63 bits per heavy atom. The molecule has 0 aliphatic carbocycles. The Balaban J connectivity index is 3.78. The van der Waals surface area contributed by atoms with Crippen LogP contribution in [0, 0.1) is 15.5 Å². The van der Waals surface area contributed by atoms with Crippen molar-refractivity contribution >= 4 is 41.2 Å². The van der Waals surface area contributed by atoms with Gasteiger partial charge in [0, 0.05) is 6.07 Å². The van der Waals surface area contributed by atoms with E-state index in [1.165, 1.54) is 40.7 Å². The van der Waals surface area contributed by atoms with Crippen molar-refractivity contribution in [1.29, 1.82) is 0 Å². The molecule has 0 bridgehead atoms. The largest absolute Gasteiger partial charge is 0.465 e. The minimum atomic E-state index is -2.17. The van der Waals surface area contributed by atoms with E-state index in [1.54, 1.807) is 0 Å². The fourth-order valence-electron chi connectivity index (χ4n) is 3.32. The van der Waals surface area contributed by atoms with Crippen LogP contribution in [0.4, 0.5) is 5.69 Å². The number of carbonyl (C=O) groups excluding carboxylic acids is 4. The van der Waals surface area contributed by atoms with Crippen molar-refractivity contribution in [1.82, 2.24) is 0 Å². The van der Waals surface area contributed by atoms with E-state index < -0.39 is 50.7 Å². The van der Waals surface area contributed by atoms with Crippen LogP contribution >= 0.6 is 11.6 Å². The minimum absolute atomic E-state index is 0.0132. The Morgan fingerprint density at radius 1 is 0.857 bits per heavy atom. The molecule has 1 rings (SSSR count). The minimum Gasteiger partial charge on any atom is -0.465 e. The third-order valence-corrected chi connectivity index (χ3v) is 6.01. The smallest absolute Gasteiger partial charge is 0.328 e.